The van der Waals surface area contributed by atoms with Crippen LogP contribution in [0.15, 0.2) is 0 Å². The second-order valence-corrected chi connectivity index (χ2v) is 6.39. The third-order valence-electron chi connectivity index (χ3n) is 4.47. The Kier molecular flexibility index (Phi) is 11.2. The maximum Gasteiger partial charge on any atom is 0.326 e. The number of carbonyl (C=O) groups excluding carboxylic acids is 1. The van der Waals surface area contributed by atoms with Crippen LogP contribution in [0, 0.1) is 5.92 Å². The number of unbranched alkanes of at least 4 members (excludes halogenated alkanes) is 1. The van der Waals surface area contributed by atoms with Crippen LogP contribution in [0.5, 0.6) is 0 Å². The molecule has 1 fully saturated rings. The number of aliphatic hydroxyl groups excluding tert-OH is 1. The Morgan fingerprint density at radius 3 is 2.39 bits per heavy atom. The Hall–Kier alpha value is -0.850. The van der Waals surface area contributed by atoms with Crippen LogP contribution in [0.4, 0.5) is 0 Å². The quantitative estimate of drug-likeness (QED) is 0.506. The number of nitrogens with two attached hydrogens (primary N) is 1. The van der Waals surface area contributed by atoms with Gasteiger partial charge in [-0.25, -0.2) is 4.79 Å². The highest BCUT2D eigenvalue weighted by atomic mass is 35.5. The molecule has 0 aromatic rings. The molecule has 23 heavy (non-hydrogen) atoms. The zero-order valence-corrected chi connectivity index (χ0v) is 14.7. The van der Waals surface area contributed by atoms with Crippen LogP contribution < -0.4 is 11.1 Å². The molecule has 1 aliphatic carbocycles. The van der Waals surface area contributed by atoms with Crippen molar-refractivity contribution in [3.8, 4) is 0 Å². The molecule has 3 atom stereocenters. The fourth-order valence-corrected chi connectivity index (χ4v) is 3.05. The number of carboxylic acids is 1. The number of hydrogen-bond acceptors (Lipinski definition) is 4. The predicted molar refractivity (Wildman–Crippen MR) is 91.5 cm³/mol. The highest BCUT2D eigenvalue weighted by molar-refractivity contribution is 5.86. The van der Waals surface area contributed by atoms with E-state index in [0.29, 0.717) is 25.2 Å². The molecule has 1 saturated carbocycles. The van der Waals surface area contributed by atoms with Gasteiger partial charge in [-0.1, -0.05) is 51.9 Å². The summed E-state index contributed by atoms with van der Waals surface area (Å²) in [5.41, 5.74) is 5.94. The van der Waals surface area contributed by atoms with Crippen molar-refractivity contribution in [3.05, 3.63) is 0 Å². The number of aliphatic carboxylic acids is 1. The summed E-state index contributed by atoms with van der Waals surface area (Å²) in [5, 5.41) is 21.5. The maximum absolute atomic E-state index is 12.0. The van der Waals surface area contributed by atoms with E-state index < -0.39 is 30.1 Å². The first-order valence-corrected chi connectivity index (χ1v) is 8.42. The minimum Gasteiger partial charge on any atom is -0.480 e. The SMILES string of the molecule is CCCCC(NC(=O)[C@@H](O)[C@H](N)CC1CCCCC1)C(=O)O.Cl. The lowest BCUT2D eigenvalue weighted by Crippen LogP contribution is -2.51. The van der Waals surface area contributed by atoms with Gasteiger partial charge in [0.25, 0.3) is 5.91 Å². The summed E-state index contributed by atoms with van der Waals surface area (Å²) in [7, 11) is 0. The van der Waals surface area contributed by atoms with E-state index in [0.717, 1.165) is 19.3 Å². The predicted octanol–water partition coefficient (Wildman–Crippen LogP) is 1.83. The number of halogens is 1. The van der Waals surface area contributed by atoms with Gasteiger partial charge in [-0.3, -0.25) is 4.79 Å². The zero-order valence-electron chi connectivity index (χ0n) is 13.9. The van der Waals surface area contributed by atoms with Crippen LogP contribution in [0.3, 0.4) is 0 Å². The summed E-state index contributed by atoms with van der Waals surface area (Å²) in [4.78, 5) is 23.1. The van der Waals surface area contributed by atoms with Crippen molar-refractivity contribution >= 4 is 24.3 Å². The number of amides is 1. The second-order valence-electron chi connectivity index (χ2n) is 6.39. The molecule has 7 heteroatoms. The van der Waals surface area contributed by atoms with Crippen molar-refractivity contribution in [1.29, 1.82) is 0 Å². The lowest BCUT2D eigenvalue weighted by atomic mass is 9.84. The van der Waals surface area contributed by atoms with Crippen molar-refractivity contribution in [1.82, 2.24) is 5.32 Å². The number of rotatable bonds is 9. The standard InChI is InChI=1S/C16H30N2O4.ClH/c1-2-3-9-13(16(21)22)18-15(20)14(19)12(17)10-11-7-5-4-6-8-11;/h11-14,19H,2-10,17H2,1H3,(H,18,20)(H,21,22);1H/t12-,13?,14+;/m1./s1. The molecular formula is C16H31ClN2O4. The molecule has 136 valence electrons. The van der Waals surface area contributed by atoms with E-state index in [4.69, 9.17) is 10.8 Å². The van der Waals surface area contributed by atoms with Crippen LogP contribution in [0.2, 0.25) is 0 Å². The summed E-state index contributed by atoms with van der Waals surface area (Å²) in [6.45, 7) is 1.95. The van der Waals surface area contributed by atoms with Gasteiger partial charge in [-0.2, -0.15) is 0 Å². The third kappa shape index (κ3) is 7.99. The molecule has 1 rings (SSSR count). The van der Waals surface area contributed by atoms with Crippen molar-refractivity contribution in [3.63, 3.8) is 0 Å². The Morgan fingerprint density at radius 1 is 1.26 bits per heavy atom. The van der Waals surface area contributed by atoms with Gasteiger partial charge in [0, 0.05) is 6.04 Å². The Bertz CT molecular complexity index is 362. The minimum atomic E-state index is -1.34. The molecule has 0 radical (unpaired) electrons. The third-order valence-corrected chi connectivity index (χ3v) is 4.47. The van der Waals surface area contributed by atoms with E-state index in [-0.39, 0.29) is 12.4 Å². The lowest BCUT2D eigenvalue weighted by Gasteiger charge is -2.27. The van der Waals surface area contributed by atoms with Gasteiger partial charge in [-0.05, 0) is 18.8 Å². The number of carbonyl (C=O) groups is 2. The largest absolute Gasteiger partial charge is 0.480 e. The molecule has 0 saturated heterocycles. The molecule has 1 amide bonds. The number of hydrogen-bond donors (Lipinski definition) is 4. The monoisotopic (exact) mass is 350 g/mol. The van der Waals surface area contributed by atoms with E-state index in [1.54, 1.807) is 0 Å². The fourth-order valence-electron chi connectivity index (χ4n) is 3.05. The van der Waals surface area contributed by atoms with Gasteiger partial charge < -0.3 is 21.3 Å². The van der Waals surface area contributed by atoms with Gasteiger partial charge in [-0.15, -0.1) is 12.4 Å². The average Bonchev–Trinajstić information content (AvgIpc) is 2.51. The Balaban J connectivity index is 0.00000484. The van der Waals surface area contributed by atoms with E-state index in [1.165, 1.54) is 19.3 Å². The molecule has 0 aromatic heterocycles. The van der Waals surface area contributed by atoms with Crippen LogP contribution in [0.25, 0.3) is 0 Å². The first kappa shape index (κ1) is 22.1. The van der Waals surface area contributed by atoms with Gasteiger partial charge in [0.15, 0.2) is 0 Å². The summed E-state index contributed by atoms with van der Waals surface area (Å²) >= 11 is 0. The van der Waals surface area contributed by atoms with E-state index in [9.17, 15) is 14.7 Å². The first-order chi connectivity index (χ1) is 10.5. The molecule has 1 unspecified atom stereocenters. The Morgan fingerprint density at radius 2 is 1.87 bits per heavy atom. The first-order valence-electron chi connectivity index (χ1n) is 8.42. The minimum absolute atomic E-state index is 0. The van der Waals surface area contributed by atoms with E-state index in [1.807, 2.05) is 6.92 Å². The molecule has 0 bridgehead atoms. The van der Waals surface area contributed by atoms with Crippen LogP contribution >= 0.6 is 12.4 Å². The number of carboxylic acid groups (broad SMARTS) is 1. The van der Waals surface area contributed by atoms with Crippen LogP contribution in [0.1, 0.15) is 64.7 Å². The number of nitrogens with one attached hydrogen (secondary N) is 1. The van der Waals surface area contributed by atoms with Crippen LogP contribution in [-0.2, 0) is 9.59 Å². The van der Waals surface area contributed by atoms with Crippen molar-refractivity contribution in [2.75, 3.05) is 0 Å². The summed E-state index contributed by atoms with van der Waals surface area (Å²) in [6, 6.07) is -1.59. The highest BCUT2D eigenvalue weighted by Crippen LogP contribution is 2.27. The molecule has 0 spiro atoms. The second kappa shape index (κ2) is 11.6. The summed E-state index contributed by atoms with van der Waals surface area (Å²) < 4.78 is 0. The molecule has 1 aliphatic rings. The lowest BCUT2D eigenvalue weighted by molar-refractivity contribution is -0.144. The van der Waals surface area contributed by atoms with Crippen LogP contribution in [-0.4, -0.2) is 40.3 Å². The van der Waals surface area contributed by atoms with Gasteiger partial charge in [0.2, 0.25) is 0 Å². The molecule has 0 aliphatic heterocycles. The number of aliphatic hydroxyl groups is 1. The van der Waals surface area contributed by atoms with Crippen molar-refractivity contribution in [2.24, 2.45) is 11.7 Å². The van der Waals surface area contributed by atoms with Gasteiger partial charge >= 0.3 is 5.97 Å². The summed E-state index contributed by atoms with van der Waals surface area (Å²) in [5.74, 6) is -1.29. The molecule has 0 aromatic carbocycles. The average molecular weight is 351 g/mol. The smallest absolute Gasteiger partial charge is 0.326 e. The maximum atomic E-state index is 12.0. The van der Waals surface area contributed by atoms with E-state index in [2.05, 4.69) is 5.32 Å². The Labute approximate surface area is 144 Å². The molecule has 5 N–H and O–H groups in total. The van der Waals surface area contributed by atoms with Crippen molar-refractivity contribution < 1.29 is 19.8 Å². The highest BCUT2D eigenvalue weighted by Gasteiger charge is 2.29. The molecular weight excluding hydrogens is 320 g/mol. The normalized spacial score (nSPS) is 19.3. The summed E-state index contributed by atoms with van der Waals surface area (Å²) in [6.07, 6.45) is 6.98. The molecule has 0 heterocycles. The van der Waals surface area contributed by atoms with Crippen molar-refractivity contribution in [2.45, 2.75) is 82.9 Å². The van der Waals surface area contributed by atoms with Gasteiger partial charge in [0.1, 0.15) is 12.1 Å². The zero-order chi connectivity index (χ0) is 16.5. The van der Waals surface area contributed by atoms with E-state index >= 15 is 0 Å². The molecule has 6 nitrogen and oxygen atoms in total. The fraction of sp³-hybridized carbons (Fsp3) is 0.875. The topological polar surface area (TPSA) is 113 Å². The van der Waals surface area contributed by atoms with Gasteiger partial charge in [0.05, 0.1) is 0 Å².